The van der Waals surface area contributed by atoms with Gasteiger partial charge in [0.2, 0.25) is 17.7 Å². The molecule has 268 valence electrons. The number of fused-ring (bicyclic) bond motifs is 2. The molecular weight excluding hydrogens is 626 g/mol. The number of nitrogens with zero attached hydrogens (tertiary/aromatic N) is 2. The second-order valence-corrected chi connectivity index (χ2v) is 15.6. The molecule has 7 N–H and O–H groups in total. The van der Waals surface area contributed by atoms with Gasteiger partial charge in [-0.25, -0.2) is 4.98 Å². The van der Waals surface area contributed by atoms with Gasteiger partial charge in [-0.05, 0) is 67.6 Å². The minimum Gasteiger partial charge on any atom is -0.378 e. The van der Waals surface area contributed by atoms with Crippen molar-refractivity contribution in [3.63, 3.8) is 0 Å². The fourth-order valence-corrected chi connectivity index (χ4v) is 8.17. The van der Waals surface area contributed by atoms with E-state index in [0.717, 1.165) is 32.1 Å². The van der Waals surface area contributed by atoms with Crippen molar-refractivity contribution in [2.45, 2.75) is 122 Å². The van der Waals surface area contributed by atoms with Crippen LogP contribution >= 0.6 is 0 Å². The van der Waals surface area contributed by atoms with Crippen LogP contribution in [0.25, 0.3) is 0 Å². The maximum Gasteiger partial charge on any atom is 0.272 e. The topological polar surface area (TPSA) is 206 Å². The smallest absolute Gasteiger partial charge is 0.272 e. The molecule has 13 nitrogen and oxygen atoms in total. The van der Waals surface area contributed by atoms with E-state index in [2.05, 4.69) is 31.2 Å². The molecule has 0 aromatic carbocycles. The van der Waals surface area contributed by atoms with Crippen molar-refractivity contribution in [3.8, 4) is 0 Å². The number of amides is 5. The molecule has 5 rings (SSSR count). The van der Waals surface area contributed by atoms with Crippen LogP contribution in [0, 0.1) is 35.0 Å². The molecule has 2 bridgehead atoms. The largest absolute Gasteiger partial charge is 0.378 e. The SMILES string of the molecule is CCCC(NC(=O)C1C2C=CC(C2)C1NC(=O)C(NC(=O)C(NC(=O)c1cnccn1)C1CCCCC1)C(C)(C)C)C(O)(C(N)=O)C1CC1. The van der Waals surface area contributed by atoms with Crippen LogP contribution in [0.15, 0.2) is 30.7 Å². The Hall–Kier alpha value is -3.87. The zero-order valence-electron chi connectivity index (χ0n) is 29.1. The Morgan fingerprint density at radius 3 is 2.22 bits per heavy atom. The highest BCUT2D eigenvalue weighted by Gasteiger charge is 2.56. The van der Waals surface area contributed by atoms with E-state index in [4.69, 9.17) is 5.73 Å². The van der Waals surface area contributed by atoms with Crippen molar-refractivity contribution < 1.29 is 29.1 Å². The lowest BCUT2D eigenvalue weighted by atomic mass is 9.81. The number of hydrogen-bond donors (Lipinski definition) is 6. The number of aliphatic hydroxyl groups is 1. The molecule has 3 saturated carbocycles. The molecule has 5 amide bonds. The average Bonchev–Trinajstić information content (AvgIpc) is 3.74. The predicted molar refractivity (Wildman–Crippen MR) is 181 cm³/mol. The van der Waals surface area contributed by atoms with Crippen LogP contribution in [-0.4, -0.2) is 74.4 Å². The summed E-state index contributed by atoms with van der Waals surface area (Å²) in [6.07, 6.45) is 15.7. The summed E-state index contributed by atoms with van der Waals surface area (Å²) < 4.78 is 0. The summed E-state index contributed by atoms with van der Waals surface area (Å²) in [5.41, 5.74) is 3.24. The molecular formula is C36H53N7O6. The van der Waals surface area contributed by atoms with Gasteiger partial charge in [0.1, 0.15) is 17.8 Å². The molecule has 0 saturated heterocycles. The highest BCUT2D eigenvalue weighted by atomic mass is 16.3. The second-order valence-electron chi connectivity index (χ2n) is 15.6. The maximum atomic E-state index is 14.2. The Bertz CT molecular complexity index is 1420. The van der Waals surface area contributed by atoms with E-state index in [0.29, 0.717) is 32.1 Å². The highest BCUT2D eigenvalue weighted by Crippen LogP contribution is 2.46. The number of nitrogens with one attached hydrogen (secondary N) is 4. The molecule has 1 aromatic heterocycles. The molecule has 3 fully saturated rings. The van der Waals surface area contributed by atoms with Crippen LogP contribution in [0.4, 0.5) is 0 Å². The number of hydrogen-bond acceptors (Lipinski definition) is 8. The highest BCUT2D eigenvalue weighted by molar-refractivity contribution is 5.97. The van der Waals surface area contributed by atoms with Gasteiger partial charge in [-0.15, -0.1) is 0 Å². The third-order valence-electron chi connectivity index (χ3n) is 11.0. The van der Waals surface area contributed by atoms with Gasteiger partial charge in [-0.2, -0.15) is 0 Å². The van der Waals surface area contributed by atoms with Crippen molar-refractivity contribution in [1.29, 1.82) is 0 Å². The van der Waals surface area contributed by atoms with Gasteiger partial charge in [0, 0.05) is 18.4 Å². The number of aromatic nitrogens is 2. The molecule has 8 unspecified atom stereocenters. The zero-order valence-corrected chi connectivity index (χ0v) is 29.1. The van der Waals surface area contributed by atoms with Crippen molar-refractivity contribution in [2.24, 2.45) is 40.7 Å². The summed E-state index contributed by atoms with van der Waals surface area (Å²) in [5.74, 6) is -3.82. The van der Waals surface area contributed by atoms with Crippen LogP contribution in [0.3, 0.4) is 0 Å². The van der Waals surface area contributed by atoms with Crippen LogP contribution in [0.5, 0.6) is 0 Å². The van der Waals surface area contributed by atoms with Crippen LogP contribution < -0.4 is 27.0 Å². The summed E-state index contributed by atoms with van der Waals surface area (Å²) in [4.78, 5) is 75.8. The number of carbonyl (C=O) groups is 5. The van der Waals surface area contributed by atoms with Gasteiger partial charge in [0.25, 0.3) is 11.8 Å². The lowest BCUT2D eigenvalue weighted by Crippen LogP contribution is -2.64. The van der Waals surface area contributed by atoms with Gasteiger partial charge in [-0.1, -0.05) is 65.5 Å². The zero-order chi connectivity index (χ0) is 35.5. The Labute approximate surface area is 288 Å². The van der Waals surface area contributed by atoms with E-state index in [9.17, 15) is 29.1 Å². The number of rotatable bonds is 14. The second kappa shape index (κ2) is 14.9. The van der Waals surface area contributed by atoms with E-state index in [1.54, 1.807) is 0 Å². The number of primary amides is 1. The fraction of sp³-hybridized carbons (Fsp3) is 0.694. The number of allylic oxidation sites excluding steroid dienone is 1. The number of carbonyl (C=O) groups excluding carboxylic acids is 5. The standard InChI is InChI=1S/C36H53N7O6/c1-5-9-25(36(49,34(37)48)23-14-15-23)40-31(45)26-21-12-13-22(18-21)27(26)41-33(47)29(35(2,3)4)43-32(46)28(20-10-7-6-8-11-20)42-30(44)24-19-38-16-17-39-24/h12-13,16-17,19-23,25-29,49H,5-11,14-15,18H2,1-4H3,(H2,37,48)(H,40,45)(H,41,47)(H,42,44)(H,43,46). The van der Waals surface area contributed by atoms with Crippen molar-refractivity contribution in [1.82, 2.24) is 31.2 Å². The fourth-order valence-electron chi connectivity index (χ4n) is 8.17. The molecule has 0 spiro atoms. The van der Waals surface area contributed by atoms with Gasteiger partial charge in [0.05, 0.1) is 18.2 Å². The minimum absolute atomic E-state index is 0.0923. The summed E-state index contributed by atoms with van der Waals surface area (Å²) in [6, 6.07) is -3.25. The van der Waals surface area contributed by atoms with E-state index in [1.165, 1.54) is 18.6 Å². The Morgan fingerprint density at radius 2 is 1.63 bits per heavy atom. The Balaban J connectivity index is 1.32. The lowest BCUT2D eigenvalue weighted by Gasteiger charge is -2.38. The molecule has 0 aliphatic heterocycles. The minimum atomic E-state index is -1.84. The third-order valence-corrected chi connectivity index (χ3v) is 11.0. The van der Waals surface area contributed by atoms with Gasteiger partial charge < -0.3 is 32.1 Å². The van der Waals surface area contributed by atoms with Gasteiger partial charge in [0.15, 0.2) is 5.60 Å². The third kappa shape index (κ3) is 7.97. The van der Waals surface area contributed by atoms with Crippen molar-refractivity contribution in [3.05, 3.63) is 36.4 Å². The van der Waals surface area contributed by atoms with Crippen LogP contribution in [0.1, 0.15) is 102 Å². The molecule has 0 radical (unpaired) electrons. The first kappa shape index (κ1) is 36.4. The molecule has 13 heteroatoms. The van der Waals surface area contributed by atoms with E-state index >= 15 is 0 Å². The average molecular weight is 680 g/mol. The Kier molecular flexibility index (Phi) is 11.1. The molecule has 8 atom stereocenters. The lowest BCUT2D eigenvalue weighted by molar-refractivity contribution is -0.145. The summed E-state index contributed by atoms with van der Waals surface area (Å²) in [6.45, 7) is 7.48. The normalized spacial score (nSPS) is 26.6. The van der Waals surface area contributed by atoms with E-state index in [-0.39, 0.29) is 35.3 Å². The molecule has 1 aromatic rings. The summed E-state index contributed by atoms with van der Waals surface area (Å²) in [5, 5.41) is 23.3. The molecule has 1 heterocycles. The van der Waals surface area contributed by atoms with E-state index < -0.39 is 64.7 Å². The Morgan fingerprint density at radius 1 is 0.939 bits per heavy atom. The molecule has 4 aliphatic rings. The van der Waals surface area contributed by atoms with Gasteiger partial charge in [-0.3, -0.25) is 29.0 Å². The van der Waals surface area contributed by atoms with E-state index in [1.807, 2.05) is 39.8 Å². The van der Waals surface area contributed by atoms with Crippen LogP contribution in [-0.2, 0) is 19.2 Å². The first-order chi connectivity index (χ1) is 23.2. The maximum absolute atomic E-state index is 14.2. The molecule has 49 heavy (non-hydrogen) atoms. The summed E-state index contributed by atoms with van der Waals surface area (Å²) >= 11 is 0. The van der Waals surface area contributed by atoms with Crippen molar-refractivity contribution in [2.75, 3.05) is 0 Å². The first-order valence-electron chi connectivity index (χ1n) is 17.9. The quantitative estimate of drug-likeness (QED) is 0.160. The van der Waals surface area contributed by atoms with Gasteiger partial charge >= 0.3 is 0 Å². The van der Waals surface area contributed by atoms with Crippen LogP contribution in [0.2, 0.25) is 0 Å². The first-order valence-corrected chi connectivity index (χ1v) is 17.9. The summed E-state index contributed by atoms with van der Waals surface area (Å²) in [7, 11) is 0. The predicted octanol–water partition coefficient (Wildman–Crippen LogP) is 1.90. The number of nitrogens with two attached hydrogens (primary N) is 1. The monoisotopic (exact) mass is 679 g/mol. The van der Waals surface area contributed by atoms with Crippen molar-refractivity contribution >= 4 is 29.5 Å². The molecule has 4 aliphatic carbocycles.